The van der Waals surface area contributed by atoms with Crippen LogP contribution in [0.15, 0.2) is 65.3 Å². The Balaban J connectivity index is 1.82. The molecule has 0 spiro atoms. The highest BCUT2D eigenvalue weighted by molar-refractivity contribution is 6.12. The van der Waals surface area contributed by atoms with Crippen LogP contribution in [0.1, 0.15) is 25.0 Å². The molecule has 116 valence electrons. The van der Waals surface area contributed by atoms with E-state index in [1.54, 1.807) is 6.08 Å². The van der Waals surface area contributed by atoms with Crippen molar-refractivity contribution >= 4 is 17.9 Å². The maximum absolute atomic E-state index is 11.9. The summed E-state index contributed by atoms with van der Waals surface area (Å²) >= 11 is 0. The van der Waals surface area contributed by atoms with Crippen molar-refractivity contribution in [1.82, 2.24) is 0 Å². The number of rotatable bonds is 4. The Morgan fingerprint density at radius 1 is 1.04 bits per heavy atom. The molecule has 1 aliphatic heterocycles. The van der Waals surface area contributed by atoms with Crippen LogP contribution in [-0.4, -0.2) is 18.0 Å². The SMILES string of the molecule is CC(C)Oc1ccc(C=C2N=C(c3ccccc3)OC2=O)cc1. The minimum absolute atomic E-state index is 0.127. The molecule has 23 heavy (non-hydrogen) atoms. The molecular formula is C19H17NO3. The number of cyclic esters (lactones) is 1. The quantitative estimate of drug-likeness (QED) is 0.637. The summed E-state index contributed by atoms with van der Waals surface area (Å²) in [4.78, 5) is 16.2. The Kier molecular flexibility index (Phi) is 4.24. The van der Waals surface area contributed by atoms with Crippen LogP contribution in [-0.2, 0) is 9.53 Å². The first-order valence-corrected chi connectivity index (χ1v) is 7.46. The highest BCUT2D eigenvalue weighted by Gasteiger charge is 2.23. The van der Waals surface area contributed by atoms with Gasteiger partial charge in [0.05, 0.1) is 6.10 Å². The largest absolute Gasteiger partial charge is 0.491 e. The lowest BCUT2D eigenvalue weighted by atomic mass is 10.2. The molecule has 0 unspecified atom stereocenters. The summed E-state index contributed by atoms with van der Waals surface area (Å²) in [6.45, 7) is 3.95. The van der Waals surface area contributed by atoms with Gasteiger partial charge in [-0.2, -0.15) is 0 Å². The molecular weight excluding hydrogens is 290 g/mol. The van der Waals surface area contributed by atoms with Crippen LogP contribution in [0.5, 0.6) is 5.75 Å². The molecule has 3 rings (SSSR count). The smallest absolute Gasteiger partial charge is 0.363 e. The minimum atomic E-state index is -0.439. The maximum Gasteiger partial charge on any atom is 0.363 e. The maximum atomic E-state index is 11.9. The number of hydrogen-bond acceptors (Lipinski definition) is 4. The van der Waals surface area contributed by atoms with Gasteiger partial charge in [-0.15, -0.1) is 0 Å². The van der Waals surface area contributed by atoms with Crippen LogP contribution in [0, 0.1) is 0 Å². The van der Waals surface area contributed by atoms with Crippen LogP contribution >= 0.6 is 0 Å². The molecule has 0 saturated carbocycles. The molecule has 0 amide bonds. The van der Waals surface area contributed by atoms with E-state index in [-0.39, 0.29) is 6.10 Å². The third-order valence-electron chi connectivity index (χ3n) is 3.20. The van der Waals surface area contributed by atoms with Gasteiger partial charge in [-0.1, -0.05) is 30.3 Å². The highest BCUT2D eigenvalue weighted by Crippen LogP contribution is 2.20. The molecule has 0 fully saturated rings. The number of esters is 1. The molecule has 1 heterocycles. The third-order valence-corrected chi connectivity index (χ3v) is 3.20. The molecule has 4 nitrogen and oxygen atoms in total. The van der Waals surface area contributed by atoms with E-state index in [4.69, 9.17) is 9.47 Å². The van der Waals surface area contributed by atoms with Crippen molar-refractivity contribution < 1.29 is 14.3 Å². The first kappa shape index (κ1) is 15.0. The van der Waals surface area contributed by atoms with Crippen molar-refractivity contribution in [3.8, 4) is 5.75 Å². The zero-order chi connectivity index (χ0) is 16.2. The monoisotopic (exact) mass is 307 g/mol. The fourth-order valence-corrected chi connectivity index (χ4v) is 2.19. The van der Waals surface area contributed by atoms with Crippen LogP contribution in [0.25, 0.3) is 6.08 Å². The van der Waals surface area contributed by atoms with Gasteiger partial charge in [0.15, 0.2) is 5.70 Å². The van der Waals surface area contributed by atoms with E-state index in [0.29, 0.717) is 11.6 Å². The Morgan fingerprint density at radius 2 is 1.74 bits per heavy atom. The van der Waals surface area contributed by atoms with Crippen molar-refractivity contribution in [3.05, 3.63) is 71.4 Å². The average Bonchev–Trinajstić information content (AvgIpc) is 2.91. The van der Waals surface area contributed by atoms with Gasteiger partial charge in [-0.3, -0.25) is 0 Å². The van der Waals surface area contributed by atoms with Crippen LogP contribution in [0.2, 0.25) is 0 Å². The highest BCUT2D eigenvalue weighted by atomic mass is 16.6. The second-order valence-electron chi connectivity index (χ2n) is 5.44. The van der Waals surface area contributed by atoms with E-state index in [2.05, 4.69) is 4.99 Å². The Hall–Kier alpha value is -2.88. The molecule has 2 aromatic carbocycles. The van der Waals surface area contributed by atoms with E-state index in [1.165, 1.54) is 0 Å². The second-order valence-corrected chi connectivity index (χ2v) is 5.44. The van der Waals surface area contributed by atoms with Crippen LogP contribution in [0.4, 0.5) is 0 Å². The first-order valence-electron chi connectivity index (χ1n) is 7.46. The third kappa shape index (κ3) is 3.66. The molecule has 0 bridgehead atoms. The minimum Gasteiger partial charge on any atom is -0.491 e. The number of hydrogen-bond donors (Lipinski definition) is 0. The summed E-state index contributed by atoms with van der Waals surface area (Å²) in [6, 6.07) is 16.9. The lowest BCUT2D eigenvalue weighted by molar-refractivity contribution is -0.129. The van der Waals surface area contributed by atoms with Gasteiger partial charge in [-0.25, -0.2) is 9.79 Å². The normalized spacial score (nSPS) is 15.7. The summed E-state index contributed by atoms with van der Waals surface area (Å²) in [5, 5.41) is 0. The summed E-state index contributed by atoms with van der Waals surface area (Å²) < 4.78 is 10.8. The summed E-state index contributed by atoms with van der Waals surface area (Å²) in [7, 11) is 0. The van der Waals surface area contributed by atoms with E-state index in [0.717, 1.165) is 16.9 Å². The second kappa shape index (κ2) is 6.48. The van der Waals surface area contributed by atoms with Crippen molar-refractivity contribution in [3.63, 3.8) is 0 Å². The molecule has 0 saturated heterocycles. The fourth-order valence-electron chi connectivity index (χ4n) is 2.19. The van der Waals surface area contributed by atoms with E-state index in [1.807, 2.05) is 68.4 Å². The van der Waals surface area contributed by atoms with Gasteiger partial charge >= 0.3 is 5.97 Å². The molecule has 1 aliphatic rings. The molecule has 0 aromatic heterocycles. The Morgan fingerprint density at radius 3 is 2.39 bits per heavy atom. The van der Waals surface area contributed by atoms with Crippen molar-refractivity contribution in [1.29, 1.82) is 0 Å². The van der Waals surface area contributed by atoms with Crippen molar-refractivity contribution in [2.24, 2.45) is 4.99 Å². The lowest BCUT2D eigenvalue weighted by Crippen LogP contribution is -2.05. The number of ether oxygens (including phenoxy) is 2. The zero-order valence-electron chi connectivity index (χ0n) is 13.0. The van der Waals surface area contributed by atoms with Crippen LogP contribution in [0.3, 0.4) is 0 Å². The molecule has 0 atom stereocenters. The Bertz CT molecular complexity index is 759. The predicted octanol–water partition coefficient (Wildman–Crippen LogP) is 3.82. The van der Waals surface area contributed by atoms with Gasteiger partial charge < -0.3 is 9.47 Å². The summed E-state index contributed by atoms with van der Waals surface area (Å²) in [5.74, 6) is 0.692. The first-order chi connectivity index (χ1) is 11.1. The topological polar surface area (TPSA) is 47.9 Å². The molecule has 4 heteroatoms. The van der Waals surface area contributed by atoms with Crippen LogP contribution < -0.4 is 4.74 Å². The standard InChI is InChI=1S/C19H17NO3/c1-13(2)22-16-10-8-14(9-11-16)12-17-19(21)23-18(20-17)15-6-4-3-5-7-15/h3-13H,1-2H3. The van der Waals surface area contributed by atoms with E-state index < -0.39 is 5.97 Å². The average molecular weight is 307 g/mol. The number of carbonyl (C=O) groups excluding carboxylic acids is 1. The van der Waals surface area contributed by atoms with Gasteiger partial charge in [0, 0.05) is 5.56 Å². The molecule has 2 aromatic rings. The van der Waals surface area contributed by atoms with E-state index >= 15 is 0 Å². The summed E-state index contributed by atoms with van der Waals surface area (Å²) in [6.07, 6.45) is 1.83. The van der Waals surface area contributed by atoms with Crippen molar-refractivity contribution in [2.75, 3.05) is 0 Å². The molecule has 0 aliphatic carbocycles. The number of nitrogens with zero attached hydrogens (tertiary/aromatic N) is 1. The molecule has 0 N–H and O–H groups in total. The Labute approximate surface area is 135 Å². The van der Waals surface area contributed by atoms with Gasteiger partial charge in [0.25, 0.3) is 0 Å². The zero-order valence-corrected chi connectivity index (χ0v) is 13.0. The van der Waals surface area contributed by atoms with Gasteiger partial charge in [0.2, 0.25) is 5.90 Å². The van der Waals surface area contributed by atoms with Gasteiger partial charge in [0.1, 0.15) is 5.75 Å². The summed E-state index contributed by atoms with van der Waals surface area (Å²) in [5.41, 5.74) is 1.94. The number of benzene rings is 2. The fraction of sp³-hybridized carbons (Fsp3) is 0.158. The predicted molar refractivity (Wildman–Crippen MR) is 89.3 cm³/mol. The molecule has 0 radical (unpaired) electrons. The number of carbonyl (C=O) groups is 1. The number of aliphatic imine (C=N–C) groups is 1. The lowest BCUT2D eigenvalue weighted by Gasteiger charge is -2.09. The van der Waals surface area contributed by atoms with E-state index in [9.17, 15) is 4.79 Å². The van der Waals surface area contributed by atoms with Crippen molar-refractivity contribution in [2.45, 2.75) is 20.0 Å². The van der Waals surface area contributed by atoms with Gasteiger partial charge in [-0.05, 0) is 49.8 Å².